The van der Waals surface area contributed by atoms with Crippen LogP contribution in [0.15, 0.2) is 11.1 Å². The molecule has 0 spiro atoms. The zero-order valence-electron chi connectivity index (χ0n) is 10.3. The molecule has 1 aliphatic heterocycles. The molecule has 0 radical (unpaired) electrons. The zero-order valence-corrected chi connectivity index (χ0v) is 11.9. The number of nitrogens with two attached hydrogens (primary N) is 1. The van der Waals surface area contributed by atoms with Gasteiger partial charge in [0.1, 0.15) is 18.5 Å². The summed E-state index contributed by atoms with van der Waals surface area (Å²) >= 11 is 3.21. The Balaban J connectivity index is 2.16. The highest BCUT2D eigenvalue weighted by Crippen LogP contribution is 2.38. The van der Waals surface area contributed by atoms with Crippen LogP contribution in [0.1, 0.15) is 13.2 Å². The first kappa shape index (κ1) is 13.6. The molecule has 10 heteroatoms. The van der Waals surface area contributed by atoms with Gasteiger partial charge in [-0.05, 0) is 22.9 Å². The second kappa shape index (κ2) is 4.33. The summed E-state index contributed by atoms with van der Waals surface area (Å²) in [4.78, 5) is 12.0. The van der Waals surface area contributed by atoms with Crippen molar-refractivity contribution in [1.29, 1.82) is 0 Å². The van der Waals surface area contributed by atoms with Crippen LogP contribution >= 0.6 is 15.9 Å². The number of anilines is 1. The van der Waals surface area contributed by atoms with E-state index < -0.39 is 24.2 Å². The van der Waals surface area contributed by atoms with Crippen molar-refractivity contribution in [1.82, 2.24) is 19.5 Å². The van der Waals surface area contributed by atoms with Crippen LogP contribution in [0.2, 0.25) is 0 Å². The second-order valence-electron chi connectivity index (χ2n) is 4.68. The SMILES string of the molecule is C[C@]1(O)OC(n2c(Br)nc3c(N)ncnc32)C(O)C1O. The quantitative estimate of drug-likeness (QED) is 0.489. The first-order valence-corrected chi connectivity index (χ1v) is 6.52. The third kappa shape index (κ3) is 1.80. The van der Waals surface area contributed by atoms with E-state index in [0.717, 1.165) is 0 Å². The van der Waals surface area contributed by atoms with E-state index in [9.17, 15) is 15.3 Å². The molecule has 1 saturated heterocycles. The summed E-state index contributed by atoms with van der Waals surface area (Å²) in [7, 11) is 0. The van der Waals surface area contributed by atoms with E-state index in [-0.39, 0.29) is 10.6 Å². The Labute approximate surface area is 121 Å². The van der Waals surface area contributed by atoms with Gasteiger partial charge < -0.3 is 25.8 Å². The molecule has 0 bridgehead atoms. The minimum atomic E-state index is -1.88. The lowest BCUT2D eigenvalue weighted by Gasteiger charge is -2.20. The maximum atomic E-state index is 10.0. The zero-order chi connectivity index (χ0) is 14.7. The summed E-state index contributed by atoms with van der Waals surface area (Å²) in [5.74, 6) is -1.70. The third-order valence-electron chi connectivity index (χ3n) is 3.24. The fourth-order valence-electron chi connectivity index (χ4n) is 2.19. The third-order valence-corrected chi connectivity index (χ3v) is 3.80. The monoisotopic (exact) mass is 345 g/mol. The molecule has 108 valence electrons. The summed E-state index contributed by atoms with van der Waals surface area (Å²) in [5.41, 5.74) is 6.35. The van der Waals surface area contributed by atoms with Gasteiger partial charge in [0.2, 0.25) is 0 Å². The number of nitrogens with zero attached hydrogens (tertiary/aromatic N) is 4. The molecule has 0 aliphatic carbocycles. The maximum Gasteiger partial charge on any atom is 0.194 e. The number of nitrogen functional groups attached to an aromatic ring is 1. The van der Waals surface area contributed by atoms with Crippen LogP contribution in [0.5, 0.6) is 0 Å². The lowest BCUT2D eigenvalue weighted by atomic mass is 10.1. The van der Waals surface area contributed by atoms with Crippen molar-refractivity contribution in [2.75, 3.05) is 5.73 Å². The van der Waals surface area contributed by atoms with Gasteiger partial charge in [0.25, 0.3) is 0 Å². The highest BCUT2D eigenvalue weighted by atomic mass is 79.9. The van der Waals surface area contributed by atoms with Crippen LogP contribution in [-0.4, -0.2) is 52.8 Å². The molecule has 20 heavy (non-hydrogen) atoms. The minimum Gasteiger partial charge on any atom is -0.385 e. The van der Waals surface area contributed by atoms with Crippen molar-refractivity contribution in [2.24, 2.45) is 0 Å². The highest BCUT2D eigenvalue weighted by Gasteiger charge is 2.52. The number of fused-ring (bicyclic) bond motifs is 1. The predicted molar refractivity (Wildman–Crippen MR) is 70.2 cm³/mol. The van der Waals surface area contributed by atoms with Gasteiger partial charge >= 0.3 is 0 Å². The number of imidazole rings is 1. The van der Waals surface area contributed by atoms with Crippen LogP contribution in [0.3, 0.4) is 0 Å². The van der Waals surface area contributed by atoms with Crippen molar-refractivity contribution < 1.29 is 20.1 Å². The van der Waals surface area contributed by atoms with Gasteiger partial charge in [0.05, 0.1) is 0 Å². The number of ether oxygens (including phenoxy) is 1. The van der Waals surface area contributed by atoms with Crippen molar-refractivity contribution in [3.05, 3.63) is 11.1 Å². The smallest absolute Gasteiger partial charge is 0.194 e. The van der Waals surface area contributed by atoms with Crippen molar-refractivity contribution >= 4 is 32.9 Å². The van der Waals surface area contributed by atoms with Crippen molar-refractivity contribution in [2.45, 2.75) is 31.1 Å². The van der Waals surface area contributed by atoms with E-state index >= 15 is 0 Å². The molecule has 0 saturated carbocycles. The molecular weight excluding hydrogens is 334 g/mol. The molecule has 1 aliphatic rings. The van der Waals surface area contributed by atoms with Gasteiger partial charge in [0.15, 0.2) is 33.7 Å². The number of aromatic nitrogens is 4. The Bertz CT molecular complexity index is 675. The summed E-state index contributed by atoms with van der Waals surface area (Å²) in [6.07, 6.45) is -2.63. The lowest BCUT2D eigenvalue weighted by molar-refractivity contribution is -0.224. The van der Waals surface area contributed by atoms with Gasteiger partial charge in [-0.15, -0.1) is 0 Å². The van der Waals surface area contributed by atoms with Crippen LogP contribution in [0.4, 0.5) is 5.82 Å². The Morgan fingerprint density at radius 2 is 2.15 bits per heavy atom. The van der Waals surface area contributed by atoms with E-state index in [0.29, 0.717) is 11.2 Å². The molecule has 2 aromatic heterocycles. The minimum absolute atomic E-state index is 0.175. The molecule has 4 atom stereocenters. The average Bonchev–Trinajstić information content (AvgIpc) is 2.80. The molecule has 1 fully saturated rings. The number of aliphatic hydroxyl groups excluding tert-OH is 2. The van der Waals surface area contributed by atoms with Gasteiger partial charge in [0, 0.05) is 0 Å². The Kier molecular flexibility index (Phi) is 2.95. The number of halogens is 1. The summed E-state index contributed by atoms with van der Waals surface area (Å²) in [6.45, 7) is 1.26. The Morgan fingerprint density at radius 1 is 1.45 bits per heavy atom. The largest absolute Gasteiger partial charge is 0.385 e. The summed E-state index contributed by atoms with van der Waals surface area (Å²) in [6, 6.07) is 0. The van der Waals surface area contributed by atoms with Gasteiger partial charge in [-0.3, -0.25) is 4.57 Å². The fraction of sp³-hybridized carbons (Fsp3) is 0.500. The normalized spacial score (nSPS) is 34.0. The molecule has 3 heterocycles. The number of rotatable bonds is 1. The standard InChI is InChI=1S/C10H12BrN5O4/c1-10(19)5(18)4(17)8(20-10)16-7-3(15-9(16)11)6(12)13-2-14-7/h2,4-5,8,17-19H,1H3,(H2,12,13,14)/t4?,5?,8?,10-/m0/s1. The van der Waals surface area contributed by atoms with Crippen LogP contribution in [0.25, 0.3) is 11.2 Å². The molecule has 0 aromatic carbocycles. The fourth-order valence-corrected chi connectivity index (χ4v) is 2.73. The molecule has 9 nitrogen and oxygen atoms in total. The van der Waals surface area contributed by atoms with Crippen LogP contribution < -0.4 is 5.73 Å². The topological polar surface area (TPSA) is 140 Å². The molecule has 0 amide bonds. The molecule has 2 aromatic rings. The molecule has 3 unspecified atom stereocenters. The number of hydrogen-bond acceptors (Lipinski definition) is 8. The first-order valence-electron chi connectivity index (χ1n) is 5.73. The van der Waals surface area contributed by atoms with Crippen LogP contribution in [0, 0.1) is 0 Å². The lowest BCUT2D eigenvalue weighted by Crippen LogP contribution is -2.40. The Hall–Kier alpha value is -1.33. The van der Waals surface area contributed by atoms with Gasteiger partial charge in [-0.2, -0.15) is 0 Å². The number of hydrogen-bond donors (Lipinski definition) is 4. The van der Waals surface area contributed by atoms with Gasteiger partial charge in [-0.1, -0.05) is 0 Å². The first-order chi connectivity index (χ1) is 9.33. The second-order valence-corrected chi connectivity index (χ2v) is 5.39. The van der Waals surface area contributed by atoms with E-state index in [2.05, 4.69) is 30.9 Å². The predicted octanol–water partition coefficient (Wildman–Crippen LogP) is -0.870. The van der Waals surface area contributed by atoms with Crippen LogP contribution in [-0.2, 0) is 4.74 Å². The Morgan fingerprint density at radius 3 is 2.75 bits per heavy atom. The van der Waals surface area contributed by atoms with E-state index in [4.69, 9.17) is 10.5 Å². The maximum absolute atomic E-state index is 10.0. The molecular formula is C10H12BrN5O4. The summed E-state index contributed by atoms with van der Waals surface area (Å²) in [5, 5.41) is 29.7. The van der Waals surface area contributed by atoms with E-state index in [1.165, 1.54) is 17.8 Å². The molecule has 3 rings (SSSR count). The highest BCUT2D eigenvalue weighted by molar-refractivity contribution is 9.10. The molecule has 5 N–H and O–H groups in total. The average molecular weight is 346 g/mol. The number of aliphatic hydroxyl groups is 3. The van der Waals surface area contributed by atoms with E-state index in [1.807, 2.05) is 0 Å². The summed E-state index contributed by atoms with van der Waals surface area (Å²) < 4.78 is 6.97. The van der Waals surface area contributed by atoms with E-state index in [1.54, 1.807) is 0 Å². The van der Waals surface area contributed by atoms with Crippen molar-refractivity contribution in [3.8, 4) is 0 Å². The van der Waals surface area contributed by atoms with Crippen molar-refractivity contribution in [3.63, 3.8) is 0 Å². The van der Waals surface area contributed by atoms with Gasteiger partial charge in [-0.25, -0.2) is 15.0 Å².